The molecule has 1 rings (SSSR count). The highest BCUT2D eigenvalue weighted by atomic mass is 16.6. The molecule has 0 saturated carbocycles. The molecule has 94 valence electrons. The van der Waals surface area contributed by atoms with Crippen LogP contribution < -0.4 is 5.32 Å². The summed E-state index contributed by atoms with van der Waals surface area (Å²) in [4.78, 5) is 11.2. The van der Waals surface area contributed by atoms with E-state index in [4.69, 9.17) is 9.47 Å². The molecule has 0 bridgehead atoms. The second-order valence-corrected chi connectivity index (χ2v) is 4.72. The van der Waals surface area contributed by atoms with Crippen molar-refractivity contribution in [2.45, 2.75) is 44.9 Å². The van der Waals surface area contributed by atoms with Crippen LogP contribution in [0.1, 0.15) is 27.2 Å². The molecular weight excluding hydrogens is 210 g/mol. The van der Waals surface area contributed by atoms with Crippen LogP contribution >= 0.6 is 0 Å². The quantitative estimate of drug-likeness (QED) is 0.672. The van der Waals surface area contributed by atoms with Gasteiger partial charge >= 0.3 is 5.97 Å². The van der Waals surface area contributed by atoms with Gasteiger partial charge in [0, 0.05) is 12.6 Å². The molecule has 1 aliphatic rings. The zero-order chi connectivity index (χ0) is 12.2. The summed E-state index contributed by atoms with van der Waals surface area (Å²) in [6.45, 7) is 7.25. The lowest BCUT2D eigenvalue weighted by molar-refractivity contribution is -0.149. The molecular formula is C11H21NO4. The predicted molar refractivity (Wildman–Crippen MR) is 59.5 cm³/mol. The molecule has 1 fully saturated rings. The molecule has 0 spiro atoms. The Morgan fingerprint density at radius 2 is 2.25 bits per heavy atom. The molecule has 0 aliphatic carbocycles. The van der Waals surface area contributed by atoms with E-state index in [-0.39, 0.29) is 12.1 Å². The topological polar surface area (TPSA) is 67.8 Å². The second kappa shape index (κ2) is 5.61. The third-order valence-corrected chi connectivity index (χ3v) is 2.64. The first-order chi connectivity index (χ1) is 7.44. The van der Waals surface area contributed by atoms with E-state index in [1.54, 1.807) is 6.92 Å². The Morgan fingerprint density at radius 1 is 1.62 bits per heavy atom. The summed E-state index contributed by atoms with van der Waals surface area (Å²) < 4.78 is 10.4. The van der Waals surface area contributed by atoms with Gasteiger partial charge in [-0.15, -0.1) is 0 Å². The zero-order valence-corrected chi connectivity index (χ0v) is 10.2. The molecule has 1 unspecified atom stereocenters. The summed E-state index contributed by atoms with van der Waals surface area (Å²) in [6, 6.07) is 0.133. The minimum atomic E-state index is -0.918. The normalized spacial score (nSPS) is 20.5. The predicted octanol–water partition coefficient (Wildman–Crippen LogP) is 0.633. The maximum absolute atomic E-state index is 11.2. The number of ether oxygens (including phenoxy) is 2. The van der Waals surface area contributed by atoms with E-state index in [1.807, 2.05) is 13.8 Å². The number of rotatable bonds is 7. The van der Waals surface area contributed by atoms with Crippen LogP contribution in [-0.2, 0) is 14.3 Å². The summed E-state index contributed by atoms with van der Waals surface area (Å²) in [6.07, 6.45) is 0.605. The minimum absolute atomic E-state index is 0.133. The van der Waals surface area contributed by atoms with Gasteiger partial charge in [0.05, 0.1) is 13.2 Å². The van der Waals surface area contributed by atoms with E-state index in [1.165, 1.54) is 0 Å². The lowest BCUT2D eigenvalue weighted by Gasteiger charge is -2.31. The van der Waals surface area contributed by atoms with Gasteiger partial charge in [-0.3, -0.25) is 10.1 Å². The Kier molecular flexibility index (Phi) is 4.70. The Hall–Kier alpha value is -0.650. The van der Waals surface area contributed by atoms with E-state index in [2.05, 4.69) is 5.32 Å². The van der Waals surface area contributed by atoms with Gasteiger partial charge in [0.15, 0.2) is 0 Å². The van der Waals surface area contributed by atoms with Crippen LogP contribution in [0, 0.1) is 0 Å². The van der Waals surface area contributed by atoms with Gasteiger partial charge in [0.25, 0.3) is 0 Å². The Bertz CT molecular complexity index is 240. The van der Waals surface area contributed by atoms with E-state index in [9.17, 15) is 9.90 Å². The summed E-state index contributed by atoms with van der Waals surface area (Å²) in [5.41, 5.74) is -0.918. The molecule has 0 amide bonds. The highest BCUT2D eigenvalue weighted by Gasteiger charge is 2.33. The summed E-state index contributed by atoms with van der Waals surface area (Å²) >= 11 is 0. The highest BCUT2D eigenvalue weighted by molar-refractivity contribution is 5.78. The monoisotopic (exact) mass is 231 g/mol. The van der Waals surface area contributed by atoms with Crippen molar-refractivity contribution in [2.75, 3.05) is 19.8 Å². The lowest BCUT2D eigenvalue weighted by atomic mass is 9.97. The van der Waals surface area contributed by atoms with Gasteiger partial charge in [0.1, 0.15) is 11.6 Å². The molecule has 5 nitrogen and oxygen atoms in total. The lowest BCUT2D eigenvalue weighted by Crippen LogP contribution is -2.53. The molecule has 0 aromatic rings. The SMILES string of the molecule is CC(C)NC(C)(CCOC1COC1)C(=O)O. The molecule has 2 N–H and O–H groups in total. The number of carboxylic acids is 1. The van der Waals surface area contributed by atoms with Gasteiger partial charge in [-0.05, 0) is 27.2 Å². The summed E-state index contributed by atoms with van der Waals surface area (Å²) in [7, 11) is 0. The van der Waals surface area contributed by atoms with Crippen molar-refractivity contribution in [3.05, 3.63) is 0 Å². The molecule has 5 heteroatoms. The van der Waals surface area contributed by atoms with Gasteiger partial charge in [-0.2, -0.15) is 0 Å². The number of hydrogen-bond acceptors (Lipinski definition) is 4. The zero-order valence-electron chi connectivity index (χ0n) is 10.2. The van der Waals surface area contributed by atoms with Crippen molar-refractivity contribution in [3.8, 4) is 0 Å². The van der Waals surface area contributed by atoms with Crippen molar-refractivity contribution >= 4 is 5.97 Å². The molecule has 0 aromatic heterocycles. The molecule has 0 aromatic carbocycles. The van der Waals surface area contributed by atoms with Crippen molar-refractivity contribution in [3.63, 3.8) is 0 Å². The number of carboxylic acid groups (broad SMARTS) is 1. The molecule has 1 atom stereocenters. The standard InChI is InChI=1S/C11H21NO4/c1-8(2)12-11(3,10(13)14)4-5-16-9-6-15-7-9/h8-9,12H,4-7H2,1-3H3,(H,13,14). The third-order valence-electron chi connectivity index (χ3n) is 2.64. The largest absolute Gasteiger partial charge is 0.480 e. The second-order valence-electron chi connectivity index (χ2n) is 4.72. The first-order valence-corrected chi connectivity index (χ1v) is 5.64. The molecule has 1 aliphatic heterocycles. The van der Waals surface area contributed by atoms with Gasteiger partial charge in [-0.1, -0.05) is 0 Å². The van der Waals surface area contributed by atoms with Gasteiger partial charge in [-0.25, -0.2) is 0 Å². The Balaban J connectivity index is 2.33. The number of aliphatic carboxylic acids is 1. The summed E-state index contributed by atoms with van der Waals surface area (Å²) in [5, 5.41) is 12.2. The third kappa shape index (κ3) is 3.73. The van der Waals surface area contributed by atoms with Crippen molar-refractivity contribution in [1.82, 2.24) is 5.32 Å². The van der Waals surface area contributed by atoms with E-state index >= 15 is 0 Å². The molecule has 16 heavy (non-hydrogen) atoms. The van der Waals surface area contributed by atoms with E-state index < -0.39 is 11.5 Å². The number of carbonyl (C=O) groups is 1. The van der Waals surface area contributed by atoms with Crippen molar-refractivity contribution < 1.29 is 19.4 Å². The number of hydrogen-bond donors (Lipinski definition) is 2. The minimum Gasteiger partial charge on any atom is -0.480 e. The van der Waals surface area contributed by atoms with Crippen LogP contribution in [0.4, 0.5) is 0 Å². The van der Waals surface area contributed by atoms with Gasteiger partial charge in [0.2, 0.25) is 0 Å². The average molecular weight is 231 g/mol. The Morgan fingerprint density at radius 3 is 2.62 bits per heavy atom. The van der Waals surface area contributed by atoms with Crippen LogP contribution in [-0.4, -0.2) is 48.6 Å². The van der Waals surface area contributed by atoms with Gasteiger partial charge < -0.3 is 14.6 Å². The van der Waals surface area contributed by atoms with Crippen LogP contribution in [0.15, 0.2) is 0 Å². The Labute approximate surface area is 96.1 Å². The van der Waals surface area contributed by atoms with Crippen LogP contribution in [0.2, 0.25) is 0 Å². The van der Waals surface area contributed by atoms with Crippen molar-refractivity contribution in [2.24, 2.45) is 0 Å². The summed E-state index contributed by atoms with van der Waals surface area (Å²) in [5.74, 6) is -0.838. The smallest absolute Gasteiger partial charge is 0.323 e. The molecule has 0 radical (unpaired) electrons. The maximum atomic E-state index is 11.2. The average Bonchev–Trinajstić information content (AvgIpc) is 2.08. The molecule has 1 saturated heterocycles. The van der Waals surface area contributed by atoms with E-state index in [0.717, 1.165) is 0 Å². The fourth-order valence-corrected chi connectivity index (χ4v) is 1.62. The van der Waals surface area contributed by atoms with E-state index in [0.29, 0.717) is 26.2 Å². The highest BCUT2D eigenvalue weighted by Crippen LogP contribution is 2.14. The fraction of sp³-hybridized carbons (Fsp3) is 0.909. The van der Waals surface area contributed by atoms with Crippen molar-refractivity contribution in [1.29, 1.82) is 0 Å². The number of nitrogens with one attached hydrogen (secondary N) is 1. The molecule has 1 heterocycles. The van der Waals surface area contributed by atoms with Crippen LogP contribution in [0.5, 0.6) is 0 Å². The maximum Gasteiger partial charge on any atom is 0.323 e. The first-order valence-electron chi connectivity index (χ1n) is 5.64. The fourth-order valence-electron chi connectivity index (χ4n) is 1.62. The first kappa shape index (κ1) is 13.4. The van der Waals surface area contributed by atoms with Crippen LogP contribution in [0.25, 0.3) is 0 Å². The van der Waals surface area contributed by atoms with Crippen LogP contribution in [0.3, 0.4) is 0 Å².